The number of hydrogen-bond donors (Lipinski definition) is 0. The molecule has 2 heteroatoms. The lowest BCUT2D eigenvalue weighted by Crippen LogP contribution is -2.34. The van der Waals surface area contributed by atoms with E-state index >= 15 is 0 Å². The summed E-state index contributed by atoms with van der Waals surface area (Å²) in [5, 5.41) is 2.72. The third-order valence-electron chi connectivity index (χ3n) is 4.22. The van der Waals surface area contributed by atoms with Crippen LogP contribution in [0.4, 0.5) is 0 Å². The first-order chi connectivity index (χ1) is 9.47. The fraction of sp³-hybridized carbons (Fsp3) is 0.667. The van der Waals surface area contributed by atoms with Crippen LogP contribution in [-0.4, -0.2) is 17.8 Å². The lowest BCUT2D eigenvalue weighted by Gasteiger charge is -2.27. The Morgan fingerprint density at radius 1 is 1.30 bits per heavy atom. The average Bonchev–Trinajstić information content (AvgIpc) is 2.77. The second-order valence-electron chi connectivity index (χ2n) is 6.89. The molecule has 0 saturated carbocycles. The maximum atomic E-state index is 5.66. The van der Waals surface area contributed by atoms with E-state index in [4.69, 9.17) is 4.74 Å². The molecule has 112 valence electrons. The van der Waals surface area contributed by atoms with Gasteiger partial charge < -0.3 is 9.30 Å². The first-order valence-corrected chi connectivity index (χ1v) is 7.87. The number of ether oxygens (including phenoxy) is 1. The van der Waals surface area contributed by atoms with Gasteiger partial charge in [0, 0.05) is 35.5 Å². The molecular formula is C18H29NO. The highest BCUT2D eigenvalue weighted by Gasteiger charge is 2.22. The van der Waals surface area contributed by atoms with Crippen molar-refractivity contribution in [2.75, 3.05) is 13.2 Å². The van der Waals surface area contributed by atoms with Crippen molar-refractivity contribution in [3.8, 4) is 0 Å². The van der Waals surface area contributed by atoms with Gasteiger partial charge >= 0.3 is 0 Å². The van der Waals surface area contributed by atoms with E-state index in [2.05, 4.69) is 57.4 Å². The van der Waals surface area contributed by atoms with Crippen LogP contribution < -0.4 is 10.6 Å². The Morgan fingerprint density at radius 2 is 2.05 bits per heavy atom. The van der Waals surface area contributed by atoms with Crippen molar-refractivity contribution in [3.05, 3.63) is 22.3 Å². The SMILES string of the molecule is CC=c1cc(C(C)(C)C)n(CC2CCCOC2)c1=CC. The third-order valence-corrected chi connectivity index (χ3v) is 4.22. The highest BCUT2D eigenvalue weighted by atomic mass is 16.5. The van der Waals surface area contributed by atoms with Gasteiger partial charge in [-0.2, -0.15) is 0 Å². The van der Waals surface area contributed by atoms with E-state index < -0.39 is 0 Å². The van der Waals surface area contributed by atoms with Gasteiger partial charge in [0.1, 0.15) is 0 Å². The molecule has 0 radical (unpaired) electrons. The molecule has 1 atom stereocenters. The summed E-state index contributed by atoms with van der Waals surface area (Å²) in [6.07, 6.45) is 6.96. The van der Waals surface area contributed by atoms with E-state index in [1.807, 2.05) is 0 Å². The topological polar surface area (TPSA) is 14.2 Å². The monoisotopic (exact) mass is 275 g/mol. The van der Waals surface area contributed by atoms with Crippen molar-refractivity contribution in [1.82, 2.24) is 4.57 Å². The smallest absolute Gasteiger partial charge is 0.0511 e. The molecule has 1 fully saturated rings. The Labute approximate surface area is 123 Å². The number of rotatable bonds is 2. The van der Waals surface area contributed by atoms with E-state index in [-0.39, 0.29) is 5.41 Å². The molecule has 1 aliphatic rings. The Balaban J connectivity index is 2.46. The molecule has 0 bridgehead atoms. The molecule has 20 heavy (non-hydrogen) atoms. The van der Waals surface area contributed by atoms with Crippen molar-refractivity contribution in [2.45, 2.75) is 59.4 Å². The summed E-state index contributed by atoms with van der Waals surface area (Å²) < 4.78 is 8.18. The maximum absolute atomic E-state index is 5.66. The second kappa shape index (κ2) is 6.17. The largest absolute Gasteiger partial charge is 0.381 e. The lowest BCUT2D eigenvalue weighted by molar-refractivity contribution is 0.0475. The van der Waals surface area contributed by atoms with Gasteiger partial charge in [0.25, 0.3) is 0 Å². The van der Waals surface area contributed by atoms with E-state index in [0.717, 1.165) is 19.8 Å². The summed E-state index contributed by atoms with van der Waals surface area (Å²) in [4.78, 5) is 0. The van der Waals surface area contributed by atoms with Gasteiger partial charge in [-0.15, -0.1) is 0 Å². The highest BCUT2D eigenvalue weighted by molar-refractivity contribution is 5.32. The van der Waals surface area contributed by atoms with Crippen LogP contribution in [0.2, 0.25) is 0 Å². The van der Waals surface area contributed by atoms with Crippen LogP contribution in [0.15, 0.2) is 6.07 Å². The first kappa shape index (κ1) is 15.4. The average molecular weight is 275 g/mol. The summed E-state index contributed by atoms with van der Waals surface area (Å²) in [7, 11) is 0. The molecular weight excluding hydrogens is 246 g/mol. The zero-order chi connectivity index (χ0) is 14.8. The standard InChI is InChI=1S/C18H29NO/c1-6-15-11-17(18(3,4)5)19(16(15)7-2)12-14-9-8-10-20-13-14/h6-7,11,14H,8-10,12-13H2,1-5H3. The van der Waals surface area contributed by atoms with Crippen molar-refractivity contribution in [3.63, 3.8) is 0 Å². The predicted molar refractivity (Wildman–Crippen MR) is 86.2 cm³/mol. The fourth-order valence-corrected chi connectivity index (χ4v) is 3.17. The van der Waals surface area contributed by atoms with Gasteiger partial charge in [-0.3, -0.25) is 0 Å². The van der Waals surface area contributed by atoms with Crippen LogP contribution in [0.5, 0.6) is 0 Å². The third kappa shape index (κ3) is 3.17. The lowest BCUT2D eigenvalue weighted by atomic mass is 9.91. The maximum Gasteiger partial charge on any atom is 0.0511 e. The van der Waals surface area contributed by atoms with Crippen LogP contribution in [0.1, 0.15) is 53.2 Å². The minimum Gasteiger partial charge on any atom is -0.381 e. The zero-order valence-corrected chi connectivity index (χ0v) is 13.7. The van der Waals surface area contributed by atoms with E-state index in [0.29, 0.717) is 5.92 Å². The number of nitrogens with zero attached hydrogens (tertiary/aromatic N) is 1. The Morgan fingerprint density at radius 3 is 2.55 bits per heavy atom. The van der Waals surface area contributed by atoms with Gasteiger partial charge in [0.15, 0.2) is 0 Å². The summed E-state index contributed by atoms with van der Waals surface area (Å²) >= 11 is 0. The van der Waals surface area contributed by atoms with Crippen LogP contribution >= 0.6 is 0 Å². The molecule has 1 aliphatic heterocycles. The molecule has 2 heterocycles. The van der Waals surface area contributed by atoms with Crippen LogP contribution in [0, 0.1) is 5.92 Å². The van der Waals surface area contributed by atoms with E-state index in [1.54, 1.807) is 0 Å². The molecule has 1 aromatic heterocycles. The summed E-state index contributed by atoms with van der Waals surface area (Å²) in [6, 6.07) is 2.36. The Kier molecular flexibility index (Phi) is 4.74. The molecule has 2 rings (SSSR count). The van der Waals surface area contributed by atoms with E-state index in [1.165, 1.54) is 29.1 Å². The normalized spacial score (nSPS) is 22.6. The minimum absolute atomic E-state index is 0.175. The molecule has 1 saturated heterocycles. The van der Waals surface area contributed by atoms with Gasteiger partial charge in [0.05, 0.1) is 6.61 Å². The van der Waals surface area contributed by atoms with Crippen molar-refractivity contribution in [2.24, 2.45) is 5.92 Å². The number of hydrogen-bond acceptors (Lipinski definition) is 1. The summed E-state index contributed by atoms with van der Waals surface area (Å²) in [6.45, 7) is 14.1. The summed E-state index contributed by atoms with van der Waals surface area (Å²) in [5.41, 5.74) is 1.61. The second-order valence-corrected chi connectivity index (χ2v) is 6.89. The Hall–Kier alpha value is -1.02. The molecule has 1 unspecified atom stereocenters. The molecule has 0 aliphatic carbocycles. The fourth-order valence-electron chi connectivity index (χ4n) is 3.17. The summed E-state index contributed by atoms with van der Waals surface area (Å²) in [5.74, 6) is 0.653. The van der Waals surface area contributed by atoms with Gasteiger partial charge in [-0.05, 0) is 38.0 Å². The molecule has 0 aromatic carbocycles. The van der Waals surface area contributed by atoms with Gasteiger partial charge in [-0.25, -0.2) is 0 Å². The van der Waals surface area contributed by atoms with Crippen molar-refractivity contribution in [1.29, 1.82) is 0 Å². The minimum atomic E-state index is 0.175. The molecule has 2 nitrogen and oxygen atoms in total. The highest BCUT2D eigenvalue weighted by Crippen LogP contribution is 2.22. The van der Waals surface area contributed by atoms with Crippen LogP contribution in [0.3, 0.4) is 0 Å². The Bertz CT molecular complexity index is 553. The van der Waals surface area contributed by atoms with Crippen molar-refractivity contribution >= 4 is 12.2 Å². The van der Waals surface area contributed by atoms with Crippen LogP contribution in [0.25, 0.3) is 12.2 Å². The van der Waals surface area contributed by atoms with Gasteiger partial charge in [-0.1, -0.05) is 32.9 Å². The zero-order valence-electron chi connectivity index (χ0n) is 13.7. The predicted octanol–water partition coefficient (Wildman–Crippen LogP) is 2.81. The van der Waals surface area contributed by atoms with Crippen LogP contribution in [-0.2, 0) is 16.7 Å². The molecule has 1 aromatic rings. The molecule has 0 N–H and O–H groups in total. The quantitative estimate of drug-likeness (QED) is 0.809. The first-order valence-electron chi connectivity index (χ1n) is 7.87. The van der Waals surface area contributed by atoms with E-state index in [9.17, 15) is 0 Å². The molecule has 0 spiro atoms. The number of aromatic nitrogens is 1. The van der Waals surface area contributed by atoms with Gasteiger partial charge in [0.2, 0.25) is 0 Å². The molecule has 0 amide bonds. The van der Waals surface area contributed by atoms with Crippen molar-refractivity contribution < 1.29 is 4.74 Å².